The second kappa shape index (κ2) is 7.45. The zero-order valence-electron chi connectivity index (χ0n) is 13.6. The van der Waals surface area contributed by atoms with Crippen molar-refractivity contribution in [2.75, 3.05) is 13.2 Å². The lowest BCUT2D eigenvalue weighted by molar-refractivity contribution is -0.183. The number of esters is 1. The molecule has 1 unspecified atom stereocenters. The monoisotopic (exact) mass is 358 g/mol. The molecule has 0 aliphatic carbocycles. The number of alkyl halides is 3. The topological polar surface area (TPSA) is 76.7 Å². The van der Waals surface area contributed by atoms with Gasteiger partial charge in [0, 0.05) is 5.70 Å². The Hall–Kier alpha value is -2.71. The number of rotatable bonds is 5. The minimum Gasteiger partial charge on any atom is -0.494 e. The first kappa shape index (κ1) is 18.6. The lowest BCUT2D eigenvalue weighted by Gasteiger charge is -2.28. The molecule has 136 valence electrons. The third-order valence-corrected chi connectivity index (χ3v) is 3.36. The van der Waals surface area contributed by atoms with Crippen LogP contribution in [0.4, 0.5) is 18.0 Å². The van der Waals surface area contributed by atoms with Crippen LogP contribution >= 0.6 is 0 Å². The van der Waals surface area contributed by atoms with Crippen molar-refractivity contribution in [3.63, 3.8) is 0 Å². The van der Waals surface area contributed by atoms with Gasteiger partial charge in [-0.3, -0.25) is 0 Å². The van der Waals surface area contributed by atoms with Crippen molar-refractivity contribution in [1.82, 2.24) is 10.6 Å². The summed E-state index contributed by atoms with van der Waals surface area (Å²) in [5, 5.41) is 4.88. The van der Waals surface area contributed by atoms with Gasteiger partial charge in [0.15, 0.2) is 6.61 Å². The molecule has 0 radical (unpaired) electrons. The van der Waals surface area contributed by atoms with Crippen LogP contribution in [0.5, 0.6) is 5.75 Å². The number of halogens is 3. The number of hydrogen-bond acceptors (Lipinski definition) is 4. The molecule has 2 rings (SSSR count). The smallest absolute Gasteiger partial charge is 0.422 e. The summed E-state index contributed by atoms with van der Waals surface area (Å²) < 4.78 is 46.6. The minimum absolute atomic E-state index is 0.0995. The van der Waals surface area contributed by atoms with Crippen molar-refractivity contribution in [1.29, 1.82) is 0 Å². The van der Waals surface area contributed by atoms with Gasteiger partial charge in [0.2, 0.25) is 0 Å². The van der Waals surface area contributed by atoms with Crippen molar-refractivity contribution < 1.29 is 32.2 Å². The van der Waals surface area contributed by atoms with Crippen LogP contribution in [-0.2, 0) is 9.53 Å². The molecule has 1 aromatic carbocycles. The minimum atomic E-state index is -4.64. The molecule has 0 aromatic heterocycles. The molecule has 1 atom stereocenters. The first-order chi connectivity index (χ1) is 11.7. The van der Waals surface area contributed by atoms with Gasteiger partial charge in [-0.1, -0.05) is 12.1 Å². The zero-order valence-corrected chi connectivity index (χ0v) is 13.6. The zero-order chi connectivity index (χ0) is 18.6. The molecule has 0 saturated carbocycles. The van der Waals surface area contributed by atoms with Crippen LogP contribution in [-0.4, -0.2) is 31.4 Å². The first-order valence-electron chi connectivity index (χ1n) is 7.46. The maximum absolute atomic E-state index is 12.3. The molecule has 0 spiro atoms. The number of amides is 2. The molecule has 1 heterocycles. The van der Waals surface area contributed by atoms with Crippen molar-refractivity contribution in [2.45, 2.75) is 26.1 Å². The van der Waals surface area contributed by atoms with Gasteiger partial charge in [-0.05, 0) is 31.5 Å². The molecule has 2 N–H and O–H groups in total. The van der Waals surface area contributed by atoms with E-state index in [0.29, 0.717) is 17.9 Å². The highest BCUT2D eigenvalue weighted by Gasteiger charge is 2.35. The predicted octanol–water partition coefficient (Wildman–Crippen LogP) is 2.82. The molecular formula is C16H17F3N2O4. The van der Waals surface area contributed by atoms with E-state index in [-0.39, 0.29) is 11.3 Å². The Kier molecular flexibility index (Phi) is 5.55. The molecule has 1 aromatic rings. The Morgan fingerprint density at radius 2 is 2.04 bits per heavy atom. The van der Waals surface area contributed by atoms with Gasteiger partial charge in [0.1, 0.15) is 5.75 Å². The number of carbonyl (C=O) groups is 2. The maximum atomic E-state index is 12.3. The number of ether oxygens (including phenoxy) is 2. The Morgan fingerprint density at radius 3 is 2.68 bits per heavy atom. The van der Waals surface area contributed by atoms with Gasteiger partial charge in [-0.15, -0.1) is 0 Å². The molecular weight excluding hydrogens is 341 g/mol. The van der Waals surface area contributed by atoms with E-state index in [1.807, 2.05) is 0 Å². The van der Waals surface area contributed by atoms with Crippen LogP contribution in [0, 0.1) is 0 Å². The average Bonchev–Trinajstić information content (AvgIpc) is 2.52. The number of hydrogen-bond donors (Lipinski definition) is 2. The Labute approximate surface area is 142 Å². The quantitative estimate of drug-likeness (QED) is 0.794. The summed E-state index contributed by atoms with van der Waals surface area (Å²) in [6, 6.07) is 5.05. The second-order valence-corrected chi connectivity index (χ2v) is 5.27. The summed E-state index contributed by atoms with van der Waals surface area (Å²) in [5.41, 5.74) is 0.513. The SMILES string of the molecule is CCOc1cccc(C2NC(=O)NC(C)=C2C(=O)OCC(F)(F)F)c1. The predicted molar refractivity (Wildman–Crippen MR) is 81.7 cm³/mol. The molecule has 1 aliphatic heterocycles. The summed E-state index contributed by atoms with van der Waals surface area (Å²) in [7, 11) is 0. The third-order valence-electron chi connectivity index (χ3n) is 3.36. The largest absolute Gasteiger partial charge is 0.494 e. The highest BCUT2D eigenvalue weighted by atomic mass is 19.4. The van der Waals surface area contributed by atoms with Crippen molar-refractivity contribution in [3.8, 4) is 5.75 Å². The van der Waals surface area contributed by atoms with E-state index in [2.05, 4.69) is 15.4 Å². The third kappa shape index (κ3) is 4.88. The highest BCUT2D eigenvalue weighted by molar-refractivity contribution is 5.95. The standard InChI is InChI=1S/C16H17F3N2O4/c1-3-24-11-6-4-5-10(7-11)13-12(9(2)20-15(23)21-13)14(22)25-8-16(17,18)19/h4-7,13H,3,8H2,1-2H3,(H2,20,21,23). The van der Waals surface area contributed by atoms with Crippen LogP contribution in [0.3, 0.4) is 0 Å². The number of urea groups is 1. The molecule has 1 aliphatic rings. The van der Waals surface area contributed by atoms with Gasteiger partial charge >= 0.3 is 18.2 Å². The molecule has 0 saturated heterocycles. The molecule has 9 heteroatoms. The number of nitrogens with one attached hydrogen (secondary N) is 2. The van der Waals surface area contributed by atoms with Crippen LogP contribution in [0.2, 0.25) is 0 Å². The van der Waals surface area contributed by atoms with E-state index in [0.717, 1.165) is 0 Å². The lowest BCUT2D eigenvalue weighted by Crippen LogP contribution is -2.45. The van der Waals surface area contributed by atoms with Gasteiger partial charge in [-0.25, -0.2) is 9.59 Å². The summed E-state index contributed by atoms with van der Waals surface area (Å²) in [4.78, 5) is 23.9. The van der Waals surface area contributed by atoms with Crippen LogP contribution in [0.25, 0.3) is 0 Å². The fraction of sp³-hybridized carbons (Fsp3) is 0.375. The second-order valence-electron chi connectivity index (χ2n) is 5.27. The fourth-order valence-electron chi connectivity index (χ4n) is 2.39. The number of allylic oxidation sites excluding steroid dienone is 1. The van der Waals surface area contributed by atoms with Gasteiger partial charge < -0.3 is 20.1 Å². The summed E-state index contributed by atoms with van der Waals surface area (Å²) in [6.07, 6.45) is -4.64. The van der Waals surface area contributed by atoms with Crippen LogP contribution in [0.15, 0.2) is 35.5 Å². The molecule has 0 bridgehead atoms. The summed E-state index contributed by atoms with van der Waals surface area (Å²) in [5.74, 6) is -0.650. The average molecular weight is 358 g/mol. The fourth-order valence-corrected chi connectivity index (χ4v) is 2.39. The Morgan fingerprint density at radius 1 is 1.32 bits per heavy atom. The normalized spacial score (nSPS) is 17.6. The molecule has 25 heavy (non-hydrogen) atoms. The lowest BCUT2D eigenvalue weighted by atomic mass is 9.95. The Bertz CT molecular complexity index is 701. The van der Waals surface area contributed by atoms with Crippen LogP contribution < -0.4 is 15.4 Å². The summed E-state index contributed by atoms with van der Waals surface area (Å²) in [6.45, 7) is 1.92. The van der Waals surface area contributed by atoms with Gasteiger partial charge in [-0.2, -0.15) is 13.2 Å². The van der Waals surface area contributed by atoms with Crippen molar-refractivity contribution in [3.05, 3.63) is 41.1 Å². The number of carbonyl (C=O) groups excluding carboxylic acids is 2. The highest BCUT2D eigenvalue weighted by Crippen LogP contribution is 2.30. The van der Waals surface area contributed by atoms with Crippen molar-refractivity contribution >= 4 is 12.0 Å². The maximum Gasteiger partial charge on any atom is 0.422 e. The van der Waals surface area contributed by atoms with E-state index >= 15 is 0 Å². The van der Waals surface area contributed by atoms with E-state index in [1.165, 1.54) is 6.92 Å². The summed E-state index contributed by atoms with van der Waals surface area (Å²) >= 11 is 0. The van der Waals surface area contributed by atoms with E-state index in [9.17, 15) is 22.8 Å². The van der Waals surface area contributed by atoms with Gasteiger partial charge in [0.25, 0.3) is 0 Å². The van der Waals surface area contributed by atoms with E-state index in [1.54, 1.807) is 31.2 Å². The van der Waals surface area contributed by atoms with E-state index < -0.39 is 30.8 Å². The molecule has 6 nitrogen and oxygen atoms in total. The van der Waals surface area contributed by atoms with E-state index in [4.69, 9.17) is 4.74 Å². The molecule has 2 amide bonds. The molecule has 0 fully saturated rings. The number of benzene rings is 1. The van der Waals surface area contributed by atoms with Gasteiger partial charge in [0.05, 0.1) is 18.2 Å². The van der Waals surface area contributed by atoms with Crippen LogP contribution in [0.1, 0.15) is 25.5 Å². The Balaban J connectivity index is 2.33. The van der Waals surface area contributed by atoms with Crippen molar-refractivity contribution in [2.24, 2.45) is 0 Å². The first-order valence-corrected chi connectivity index (χ1v) is 7.46.